The van der Waals surface area contributed by atoms with Gasteiger partial charge in [-0.1, -0.05) is 31.2 Å². The van der Waals surface area contributed by atoms with Gasteiger partial charge in [0.05, 0.1) is 0 Å². The Morgan fingerprint density at radius 3 is 2.95 bits per heavy atom. The molecule has 22 heavy (non-hydrogen) atoms. The van der Waals surface area contributed by atoms with Crippen molar-refractivity contribution in [3.63, 3.8) is 0 Å². The minimum atomic E-state index is 0. The van der Waals surface area contributed by atoms with Crippen molar-refractivity contribution in [3.8, 4) is 0 Å². The van der Waals surface area contributed by atoms with Crippen molar-refractivity contribution in [2.24, 2.45) is 5.92 Å². The van der Waals surface area contributed by atoms with Gasteiger partial charge in [-0.3, -0.25) is 4.79 Å². The molecule has 2 heteroatoms. The predicted molar refractivity (Wildman–Crippen MR) is 97.6 cm³/mol. The van der Waals surface area contributed by atoms with Crippen LogP contribution in [0, 0.1) is 5.92 Å². The van der Waals surface area contributed by atoms with Gasteiger partial charge in [-0.05, 0) is 60.7 Å². The number of pyridine rings is 1. The lowest BCUT2D eigenvalue weighted by Gasteiger charge is -2.26. The number of aryl methyl sites for hydroxylation is 1. The second-order valence-corrected chi connectivity index (χ2v) is 6.13. The minimum absolute atomic E-state index is 0. The first-order valence-corrected chi connectivity index (χ1v) is 8.16. The molecule has 2 aromatic rings. The van der Waals surface area contributed by atoms with Crippen LogP contribution in [0.4, 0.5) is 0 Å². The van der Waals surface area contributed by atoms with Crippen LogP contribution in [0.25, 0.3) is 10.9 Å². The van der Waals surface area contributed by atoms with Gasteiger partial charge in [-0.25, -0.2) is 0 Å². The number of H-pyrrole nitrogens is 1. The standard InChI is InChI=1S/C20H23NO.2H2/c1-3-14-12-17-13-16(10-11-19(17)21-20(14)22)18(4-2)15-8-6-5-7-9-15;;/h4-6,10-13,15,18H,2-3,7-9H2,1H3,(H,21,22);2*1H. The van der Waals surface area contributed by atoms with Gasteiger partial charge in [0.25, 0.3) is 5.56 Å². The average Bonchev–Trinajstić information content (AvgIpc) is 2.56. The third kappa shape index (κ3) is 2.78. The SMILES string of the molecule is C=CC(c1ccc2[nH]c(=O)c(CC)cc2c1)C1CC=CCC1.[HH].[HH]. The third-order valence-electron chi connectivity index (χ3n) is 4.78. The first kappa shape index (κ1) is 14.8. The number of hydrogen-bond acceptors (Lipinski definition) is 1. The van der Waals surface area contributed by atoms with E-state index in [1.807, 2.05) is 19.1 Å². The topological polar surface area (TPSA) is 32.9 Å². The summed E-state index contributed by atoms with van der Waals surface area (Å²) in [6, 6.07) is 8.41. The molecule has 3 rings (SSSR count). The van der Waals surface area contributed by atoms with E-state index in [1.54, 1.807) is 0 Å². The number of nitrogens with one attached hydrogen (secondary N) is 1. The molecule has 0 aliphatic heterocycles. The Hall–Kier alpha value is -2.09. The molecule has 1 aliphatic rings. The number of allylic oxidation sites excluding steroid dienone is 3. The zero-order chi connectivity index (χ0) is 15.5. The fraction of sp³-hybridized carbons (Fsp3) is 0.350. The van der Waals surface area contributed by atoms with E-state index in [9.17, 15) is 4.79 Å². The van der Waals surface area contributed by atoms with Gasteiger partial charge < -0.3 is 4.98 Å². The Balaban J connectivity index is 0.00000144. The fourth-order valence-electron chi connectivity index (χ4n) is 3.48. The van der Waals surface area contributed by atoms with E-state index >= 15 is 0 Å². The molecule has 1 aromatic carbocycles. The number of hydrogen-bond donors (Lipinski definition) is 1. The van der Waals surface area contributed by atoms with E-state index < -0.39 is 0 Å². The summed E-state index contributed by atoms with van der Waals surface area (Å²) in [4.78, 5) is 14.9. The molecular weight excluding hydrogens is 270 g/mol. The predicted octanol–water partition coefficient (Wildman–Crippen LogP) is 5.21. The van der Waals surface area contributed by atoms with Gasteiger partial charge in [0, 0.05) is 19.9 Å². The van der Waals surface area contributed by atoms with E-state index in [1.165, 1.54) is 12.0 Å². The Kier molecular flexibility index (Phi) is 4.28. The summed E-state index contributed by atoms with van der Waals surface area (Å²) >= 11 is 0. The molecule has 0 amide bonds. The summed E-state index contributed by atoms with van der Waals surface area (Å²) in [7, 11) is 0. The summed E-state index contributed by atoms with van der Waals surface area (Å²) < 4.78 is 0. The van der Waals surface area contributed by atoms with Gasteiger partial charge >= 0.3 is 0 Å². The lowest BCUT2D eigenvalue weighted by molar-refractivity contribution is 0.437. The van der Waals surface area contributed by atoms with Crippen molar-refractivity contribution in [1.29, 1.82) is 0 Å². The van der Waals surface area contributed by atoms with Crippen LogP contribution in [0.3, 0.4) is 0 Å². The van der Waals surface area contributed by atoms with E-state index in [0.717, 1.165) is 35.7 Å². The molecule has 0 fully saturated rings. The highest BCUT2D eigenvalue weighted by Gasteiger charge is 2.21. The molecule has 2 atom stereocenters. The molecule has 0 spiro atoms. The maximum Gasteiger partial charge on any atom is 0.251 e. The van der Waals surface area contributed by atoms with Crippen LogP contribution in [0.5, 0.6) is 0 Å². The van der Waals surface area contributed by atoms with Crippen LogP contribution in [0.15, 0.2) is 53.9 Å². The number of aromatic nitrogens is 1. The van der Waals surface area contributed by atoms with Gasteiger partial charge in [0.15, 0.2) is 0 Å². The average molecular weight is 297 g/mol. The molecule has 0 saturated heterocycles. The highest BCUT2D eigenvalue weighted by Crippen LogP contribution is 2.35. The van der Waals surface area contributed by atoms with E-state index in [-0.39, 0.29) is 8.41 Å². The molecule has 2 nitrogen and oxygen atoms in total. The van der Waals surface area contributed by atoms with E-state index in [0.29, 0.717) is 11.8 Å². The van der Waals surface area contributed by atoms with Crippen LogP contribution in [0.1, 0.15) is 46.1 Å². The van der Waals surface area contributed by atoms with Gasteiger partial charge in [0.1, 0.15) is 0 Å². The van der Waals surface area contributed by atoms with E-state index in [2.05, 4.69) is 41.9 Å². The van der Waals surface area contributed by atoms with Crippen LogP contribution in [0.2, 0.25) is 0 Å². The van der Waals surface area contributed by atoms with Crippen LogP contribution in [-0.2, 0) is 6.42 Å². The zero-order valence-corrected chi connectivity index (χ0v) is 13.1. The molecule has 0 saturated carbocycles. The molecular formula is C20H27NO. The Labute approximate surface area is 134 Å². The zero-order valence-electron chi connectivity index (χ0n) is 13.1. The number of rotatable bonds is 4. The first-order chi connectivity index (χ1) is 10.7. The summed E-state index contributed by atoms with van der Waals surface area (Å²) in [5, 5.41) is 1.12. The second kappa shape index (κ2) is 6.35. The van der Waals surface area contributed by atoms with Crippen LogP contribution in [-0.4, -0.2) is 4.98 Å². The fourth-order valence-corrected chi connectivity index (χ4v) is 3.48. The Bertz CT molecular complexity index is 779. The summed E-state index contributed by atoms with van der Waals surface area (Å²) in [5.41, 5.74) is 3.09. The smallest absolute Gasteiger partial charge is 0.251 e. The molecule has 1 N–H and O–H groups in total. The Morgan fingerprint density at radius 2 is 2.27 bits per heavy atom. The van der Waals surface area contributed by atoms with Crippen molar-refractivity contribution in [3.05, 3.63) is 70.6 Å². The number of aromatic amines is 1. The maximum atomic E-state index is 11.9. The molecule has 1 heterocycles. The molecule has 0 bridgehead atoms. The van der Waals surface area contributed by atoms with Crippen molar-refractivity contribution in [2.75, 3.05) is 0 Å². The van der Waals surface area contributed by atoms with Crippen molar-refractivity contribution in [1.82, 2.24) is 4.98 Å². The number of benzene rings is 1. The minimum Gasteiger partial charge on any atom is -0.322 e. The Morgan fingerprint density at radius 1 is 1.41 bits per heavy atom. The molecule has 1 aliphatic carbocycles. The van der Waals surface area contributed by atoms with Crippen molar-refractivity contribution >= 4 is 10.9 Å². The molecule has 118 valence electrons. The molecule has 0 radical (unpaired) electrons. The monoisotopic (exact) mass is 297 g/mol. The highest BCUT2D eigenvalue weighted by atomic mass is 16.1. The van der Waals surface area contributed by atoms with Crippen molar-refractivity contribution in [2.45, 2.75) is 38.5 Å². The lowest BCUT2D eigenvalue weighted by atomic mass is 9.79. The summed E-state index contributed by atoms with van der Waals surface area (Å²) in [5.74, 6) is 1.01. The summed E-state index contributed by atoms with van der Waals surface area (Å²) in [6.07, 6.45) is 10.9. The van der Waals surface area contributed by atoms with Gasteiger partial charge in [-0.2, -0.15) is 0 Å². The van der Waals surface area contributed by atoms with Gasteiger partial charge in [-0.15, -0.1) is 6.58 Å². The van der Waals surface area contributed by atoms with Crippen LogP contribution < -0.4 is 5.56 Å². The normalized spacial score (nSPS) is 19.2. The molecule has 1 aromatic heterocycles. The summed E-state index contributed by atoms with van der Waals surface area (Å²) in [6.45, 7) is 6.07. The number of fused-ring (bicyclic) bond motifs is 1. The molecule has 2 unspecified atom stereocenters. The van der Waals surface area contributed by atoms with Crippen LogP contribution >= 0.6 is 0 Å². The van der Waals surface area contributed by atoms with Gasteiger partial charge in [0.2, 0.25) is 0 Å². The first-order valence-electron chi connectivity index (χ1n) is 8.16. The largest absolute Gasteiger partial charge is 0.322 e. The third-order valence-corrected chi connectivity index (χ3v) is 4.78. The maximum absolute atomic E-state index is 11.9. The lowest BCUT2D eigenvalue weighted by Crippen LogP contribution is -2.13. The van der Waals surface area contributed by atoms with E-state index in [4.69, 9.17) is 0 Å². The van der Waals surface area contributed by atoms with Crippen molar-refractivity contribution < 1.29 is 2.85 Å². The highest BCUT2D eigenvalue weighted by molar-refractivity contribution is 5.80. The quantitative estimate of drug-likeness (QED) is 0.772. The second-order valence-electron chi connectivity index (χ2n) is 6.13.